The Balaban J connectivity index is 0.934. The molecule has 2 saturated heterocycles. The van der Waals surface area contributed by atoms with Crippen molar-refractivity contribution in [1.82, 2.24) is 25.3 Å². The van der Waals surface area contributed by atoms with E-state index in [1.54, 1.807) is 12.4 Å². The molecule has 0 bridgehead atoms. The zero-order valence-electron chi connectivity index (χ0n) is 25.3. The molecule has 1 saturated carbocycles. The predicted molar refractivity (Wildman–Crippen MR) is 174 cm³/mol. The maximum atomic E-state index is 12.9. The summed E-state index contributed by atoms with van der Waals surface area (Å²) in [6.07, 6.45) is 10.4. The van der Waals surface area contributed by atoms with Gasteiger partial charge in [0.2, 0.25) is 16.9 Å². The van der Waals surface area contributed by atoms with Crippen molar-refractivity contribution in [3.05, 3.63) is 58.1 Å². The standard InChI is InChI=1S/C31H36N10O2S2/c1-39-29(45-31(38-39)35-27(43)19-23-17-25(8-10-33-23)41-13-4-14-41)21-6-2-5-20(15-21)28-36-37-30(44-28)34-26(42)18-22-16-24(7-9-32-22)40-11-3-12-40/h7-10,16-17,20-21H,2-6,11-15,18-19H2,1H3,(H-,34,35,37,38,42,43)/p+1. The molecule has 4 aromatic heterocycles. The molecule has 0 radical (unpaired) electrons. The van der Waals surface area contributed by atoms with Crippen LogP contribution in [0.4, 0.5) is 21.6 Å². The fourth-order valence-corrected chi connectivity index (χ4v) is 8.17. The third-order valence-corrected chi connectivity index (χ3v) is 11.0. The van der Waals surface area contributed by atoms with E-state index >= 15 is 0 Å². The maximum absolute atomic E-state index is 12.9. The van der Waals surface area contributed by atoms with E-state index in [0.717, 1.165) is 84.6 Å². The summed E-state index contributed by atoms with van der Waals surface area (Å²) in [5.41, 5.74) is 3.75. The fourth-order valence-electron chi connectivity index (χ4n) is 6.18. The van der Waals surface area contributed by atoms with Crippen molar-refractivity contribution >= 4 is 56.1 Å². The van der Waals surface area contributed by atoms with Crippen molar-refractivity contribution in [3.63, 3.8) is 0 Å². The van der Waals surface area contributed by atoms with Crippen LogP contribution in [0.5, 0.6) is 0 Å². The number of carbonyl (C=O) groups excluding carboxylic acids is 2. The van der Waals surface area contributed by atoms with Gasteiger partial charge in [0.1, 0.15) is 5.01 Å². The number of carbonyl (C=O) groups is 2. The lowest BCUT2D eigenvalue weighted by Gasteiger charge is -2.33. The van der Waals surface area contributed by atoms with Crippen LogP contribution in [0.3, 0.4) is 0 Å². The van der Waals surface area contributed by atoms with Crippen LogP contribution in [0.1, 0.15) is 71.8 Å². The van der Waals surface area contributed by atoms with Crippen molar-refractivity contribution in [1.29, 1.82) is 0 Å². The van der Waals surface area contributed by atoms with Crippen molar-refractivity contribution < 1.29 is 14.3 Å². The van der Waals surface area contributed by atoms with Gasteiger partial charge in [-0.25, -0.2) is 0 Å². The molecule has 234 valence electrons. The molecule has 45 heavy (non-hydrogen) atoms. The molecule has 7 rings (SSSR count). The summed E-state index contributed by atoms with van der Waals surface area (Å²) in [6, 6.07) is 7.98. The van der Waals surface area contributed by atoms with Gasteiger partial charge < -0.3 is 15.1 Å². The first-order valence-electron chi connectivity index (χ1n) is 15.7. The van der Waals surface area contributed by atoms with Crippen molar-refractivity contribution in [2.75, 3.05) is 46.6 Å². The number of amides is 2. The Hall–Kier alpha value is -4.04. The number of aromatic nitrogens is 6. The number of hydrogen-bond acceptors (Lipinski definition) is 11. The van der Waals surface area contributed by atoms with Crippen LogP contribution in [-0.4, -0.2) is 63.3 Å². The Morgan fingerprint density at radius 2 is 1.42 bits per heavy atom. The van der Waals surface area contributed by atoms with Gasteiger partial charge in [-0.1, -0.05) is 22.4 Å². The Morgan fingerprint density at radius 1 is 0.822 bits per heavy atom. The third kappa shape index (κ3) is 6.96. The Bertz CT molecular complexity index is 1680. The molecule has 3 fully saturated rings. The highest BCUT2D eigenvalue weighted by Crippen LogP contribution is 2.43. The van der Waals surface area contributed by atoms with Gasteiger partial charge in [-0.3, -0.25) is 24.9 Å². The molecule has 2 unspecified atom stereocenters. The highest BCUT2D eigenvalue weighted by atomic mass is 32.1. The van der Waals surface area contributed by atoms with Crippen LogP contribution in [0, 0.1) is 0 Å². The molecule has 3 aliphatic rings. The van der Waals surface area contributed by atoms with Gasteiger partial charge in [0.25, 0.3) is 10.1 Å². The first kappa shape index (κ1) is 29.7. The Kier molecular flexibility index (Phi) is 8.66. The summed E-state index contributed by atoms with van der Waals surface area (Å²) in [6.45, 7) is 4.21. The molecule has 2 N–H and O–H groups in total. The van der Waals surface area contributed by atoms with Gasteiger partial charge in [-0.2, -0.15) is 0 Å². The van der Waals surface area contributed by atoms with E-state index < -0.39 is 0 Å². The minimum Gasteiger partial charge on any atom is -0.371 e. The monoisotopic (exact) mass is 645 g/mol. The van der Waals surface area contributed by atoms with Crippen molar-refractivity contribution in [2.45, 2.75) is 63.2 Å². The Labute approximate surface area is 269 Å². The molecule has 12 nitrogen and oxygen atoms in total. The smallest absolute Gasteiger partial charge is 0.269 e. The molecule has 2 aliphatic heterocycles. The summed E-state index contributed by atoms with van der Waals surface area (Å²) in [5.74, 6) is 0.303. The average molecular weight is 646 g/mol. The number of aryl methyl sites for hydroxylation is 1. The zero-order chi connectivity index (χ0) is 30.8. The fraction of sp³-hybridized carbons (Fsp3) is 0.484. The first-order valence-corrected chi connectivity index (χ1v) is 17.3. The summed E-state index contributed by atoms with van der Waals surface area (Å²) >= 11 is 2.99. The van der Waals surface area contributed by atoms with E-state index in [4.69, 9.17) is 0 Å². The van der Waals surface area contributed by atoms with E-state index in [1.165, 1.54) is 35.5 Å². The number of hydrogen-bond donors (Lipinski definition) is 2. The second-order valence-corrected chi connectivity index (χ2v) is 14.0. The molecule has 6 heterocycles. The van der Waals surface area contributed by atoms with Crippen LogP contribution in [-0.2, 0) is 29.5 Å². The van der Waals surface area contributed by atoms with E-state index in [1.807, 2.05) is 36.0 Å². The maximum Gasteiger partial charge on any atom is 0.269 e. The SMILES string of the molecule is C[n+]1nc(NC(=O)Cc2cc(N3CCC3)ccn2)sc1C1CCCC(c2nnc(NC(=O)Cc3cc(N4CCC4)ccn3)s2)C1. The molecular formula is C31H37N10O2S2+. The Morgan fingerprint density at radius 3 is 2.02 bits per heavy atom. The predicted octanol–water partition coefficient (Wildman–Crippen LogP) is 3.83. The molecule has 1 aliphatic carbocycles. The summed E-state index contributed by atoms with van der Waals surface area (Å²) < 4.78 is 1.90. The second-order valence-electron chi connectivity index (χ2n) is 12.0. The minimum absolute atomic E-state index is 0.117. The zero-order valence-corrected chi connectivity index (χ0v) is 26.9. The quantitative estimate of drug-likeness (QED) is 0.247. The highest BCUT2D eigenvalue weighted by molar-refractivity contribution is 7.15. The lowest BCUT2D eigenvalue weighted by Crippen LogP contribution is -2.37. The molecule has 0 aromatic carbocycles. The normalized spacial score (nSPS) is 19.5. The van der Waals surface area contributed by atoms with Gasteiger partial charge in [0.15, 0.2) is 7.05 Å². The van der Waals surface area contributed by atoms with Gasteiger partial charge in [0.05, 0.1) is 30.1 Å². The van der Waals surface area contributed by atoms with E-state index in [0.29, 0.717) is 16.2 Å². The highest BCUT2D eigenvalue weighted by Gasteiger charge is 2.34. The van der Waals surface area contributed by atoms with Crippen molar-refractivity contribution in [2.24, 2.45) is 7.05 Å². The summed E-state index contributed by atoms with van der Waals surface area (Å²) in [5, 5.41) is 22.5. The second kappa shape index (κ2) is 13.1. The summed E-state index contributed by atoms with van der Waals surface area (Å²) in [4.78, 5) is 39.0. The van der Waals surface area contributed by atoms with Crippen molar-refractivity contribution in [3.8, 4) is 0 Å². The molecular weight excluding hydrogens is 609 g/mol. The lowest BCUT2D eigenvalue weighted by atomic mass is 9.82. The van der Waals surface area contributed by atoms with Gasteiger partial charge >= 0.3 is 0 Å². The molecule has 2 amide bonds. The number of rotatable bonds is 10. The lowest BCUT2D eigenvalue weighted by molar-refractivity contribution is -0.732. The van der Waals surface area contributed by atoms with Crippen LogP contribution in [0.15, 0.2) is 36.7 Å². The topological polar surface area (TPSA) is 133 Å². The summed E-state index contributed by atoms with van der Waals surface area (Å²) in [7, 11) is 1.94. The third-order valence-electron chi connectivity index (χ3n) is 8.79. The first-order chi connectivity index (χ1) is 22.0. The van der Waals surface area contributed by atoms with Gasteiger partial charge in [-0.15, -0.1) is 10.2 Å². The largest absolute Gasteiger partial charge is 0.371 e. The molecule has 4 aromatic rings. The molecule has 14 heteroatoms. The van der Waals surface area contributed by atoms with Crippen LogP contribution < -0.4 is 25.1 Å². The van der Waals surface area contributed by atoms with E-state index in [2.05, 4.69) is 45.7 Å². The van der Waals surface area contributed by atoms with Crippen LogP contribution in [0.25, 0.3) is 0 Å². The van der Waals surface area contributed by atoms with E-state index in [-0.39, 0.29) is 30.6 Å². The number of anilines is 4. The van der Waals surface area contributed by atoms with Crippen LogP contribution in [0.2, 0.25) is 0 Å². The number of pyridine rings is 2. The average Bonchev–Trinajstić information content (AvgIpc) is 3.57. The molecule has 0 spiro atoms. The van der Waals surface area contributed by atoms with Gasteiger partial charge in [0, 0.05) is 61.0 Å². The van der Waals surface area contributed by atoms with E-state index in [9.17, 15) is 9.59 Å². The minimum atomic E-state index is -0.140. The van der Waals surface area contributed by atoms with Gasteiger partial charge in [-0.05, 0) is 67.7 Å². The number of nitrogens with one attached hydrogen (secondary N) is 2. The molecule has 2 atom stereocenters. The van der Waals surface area contributed by atoms with Crippen LogP contribution >= 0.6 is 22.7 Å². The number of nitrogens with zero attached hydrogens (tertiary/aromatic N) is 8.